The summed E-state index contributed by atoms with van der Waals surface area (Å²) in [7, 11) is 0. The molecule has 1 nitrogen and oxygen atoms in total. The van der Waals surface area contributed by atoms with Crippen LogP contribution in [-0.4, -0.2) is 10.9 Å². The van der Waals surface area contributed by atoms with Crippen LogP contribution < -0.4 is 0 Å². The summed E-state index contributed by atoms with van der Waals surface area (Å²) in [5, 5.41) is 0. The van der Waals surface area contributed by atoms with Crippen molar-refractivity contribution in [1.29, 1.82) is 0 Å². The second-order valence-electron chi connectivity index (χ2n) is 7.90. The summed E-state index contributed by atoms with van der Waals surface area (Å²) in [4.78, 5) is 2.58. The van der Waals surface area contributed by atoms with Gasteiger partial charge in [0, 0.05) is 19.1 Å². The fourth-order valence-electron chi connectivity index (χ4n) is 3.89. The number of rotatable bonds is 9. The summed E-state index contributed by atoms with van der Waals surface area (Å²) >= 11 is 0. The fourth-order valence-corrected chi connectivity index (χ4v) is 3.89. The van der Waals surface area contributed by atoms with E-state index >= 15 is 0 Å². The lowest BCUT2D eigenvalue weighted by molar-refractivity contribution is 0.210. The Balaban J connectivity index is 1.65. The number of benzene rings is 4. The van der Waals surface area contributed by atoms with Crippen molar-refractivity contribution in [2.45, 2.75) is 25.6 Å². The first-order valence-electron chi connectivity index (χ1n) is 11.0. The van der Waals surface area contributed by atoms with Gasteiger partial charge in [-0.2, -0.15) is 0 Å². The quantitative estimate of drug-likeness (QED) is 0.290. The third-order valence-corrected chi connectivity index (χ3v) is 5.52. The molecule has 1 atom stereocenters. The van der Waals surface area contributed by atoms with Crippen molar-refractivity contribution >= 4 is 6.08 Å². The SMILES string of the molecule is C(=C/[C@H](Cc1ccccc1)N(Cc1ccccc1)Cc1ccccc1)/c1ccccc1. The number of hydrogen-bond acceptors (Lipinski definition) is 1. The van der Waals surface area contributed by atoms with Crippen molar-refractivity contribution in [3.8, 4) is 0 Å². The Labute approximate surface area is 186 Å². The number of nitrogens with zero attached hydrogens (tertiary/aromatic N) is 1. The average molecular weight is 404 g/mol. The molecule has 0 radical (unpaired) electrons. The lowest BCUT2D eigenvalue weighted by Gasteiger charge is -2.30. The summed E-state index contributed by atoms with van der Waals surface area (Å²) in [6.07, 6.45) is 5.61. The van der Waals surface area contributed by atoms with Crippen molar-refractivity contribution in [1.82, 2.24) is 4.90 Å². The molecule has 0 saturated carbocycles. The highest BCUT2D eigenvalue weighted by atomic mass is 15.1. The van der Waals surface area contributed by atoms with Crippen LogP contribution in [0.3, 0.4) is 0 Å². The van der Waals surface area contributed by atoms with E-state index in [2.05, 4.69) is 138 Å². The molecule has 4 rings (SSSR count). The van der Waals surface area contributed by atoms with E-state index < -0.39 is 0 Å². The molecule has 0 N–H and O–H groups in total. The minimum atomic E-state index is 0.281. The van der Waals surface area contributed by atoms with Crippen LogP contribution in [0.4, 0.5) is 0 Å². The molecule has 0 bridgehead atoms. The predicted molar refractivity (Wildman–Crippen MR) is 132 cm³/mol. The molecule has 0 amide bonds. The topological polar surface area (TPSA) is 3.24 Å². The summed E-state index contributed by atoms with van der Waals surface area (Å²) < 4.78 is 0. The van der Waals surface area contributed by atoms with Gasteiger partial charge in [-0.3, -0.25) is 4.90 Å². The molecule has 0 aliphatic rings. The fraction of sp³-hybridized carbons (Fsp3) is 0.133. The second kappa shape index (κ2) is 11.1. The molecule has 0 aromatic heterocycles. The van der Waals surface area contributed by atoms with Crippen LogP contribution in [0.2, 0.25) is 0 Å². The summed E-state index contributed by atoms with van der Waals surface area (Å²) in [6, 6.07) is 43.2. The number of hydrogen-bond donors (Lipinski definition) is 0. The monoisotopic (exact) mass is 403 g/mol. The molecule has 0 aliphatic carbocycles. The predicted octanol–water partition coefficient (Wildman–Crippen LogP) is 7.01. The van der Waals surface area contributed by atoms with Gasteiger partial charge in [0.15, 0.2) is 0 Å². The summed E-state index contributed by atoms with van der Waals surface area (Å²) in [6.45, 7) is 1.82. The van der Waals surface area contributed by atoms with E-state index in [0.29, 0.717) is 0 Å². The molecule has 1 heteroatoms. The van der Waals surface area contributed by atoms with Gasteiger partial charge in [0.05, 0.1) is 0 Å². The van der Waals surface area contributed by atoms with Gasteiger partial charge < -0.3 is 0 Å². The van der Waals surface area contributed by atoms with Crippen LogP contribution in [0.15, 0.2) is 127 Å². The van der Waals surface area contributed by atoms with Gasteiger partial charge in [-0.05, 0) is 28.7 Å². The molecule has 31 heavy (non-hydrogen) atoms. The lowest BCUT2D eigenvalue weighted by atomic mass is 10.0. The molecular weight excluding hydrogens is 374 g/mol. The van der Waals surface area contributed by atoms with Gasteiger partial charge in [0.1, 0.15) is 0 Å². The molecular formula is C30H29N. The van der Waals surface area contributed by atoms with Crippen molar-refractivity contribution in [2.75, 3.05) is 0 Å². The Morgan fingerprint density at radius 2 is 0.935 bits per heavy atom. The molecule has 154 valence electrons. The molecule has 0 aliphatic heterocycles. The van der Waals surface area contributed by atoms with E-state index in [0.717, 1.165) is 19.5 Å². The van der Waals surface area contributed by atoms with Crippen LogP contribution in [0, 0.1) is 0 Å². The van der Waals surface area contributed by atoms with Crippen molar-refractivity contribution in [3.63, 3.8) is 0 Å². The van der Waals surface area contributed by atoms with Gasteiger partial charge in [-0.1, -0.05) is 133 Å². The smallest absolute Gasteiger partial charge is 0.0328 e. The Kier molecular flexibility index (Phi) is 7.46. The molecule has 0 spiro atoms. The van der Waals surface area contributed by atoms with Crippen molar-refractivity contribution in [2.24, 2.45) is 0 Å². The zero-order valence-corrected chi connectivity index (χ0v) is 17.8. The average Bonchev–Trinajstić information content (AvgIpc) is 2.84. The Morgan fingerprint density at radius 1 is 0.516 bits per heavy atom. The van der Waals surface area contributed by atoms with Crippen LogP contribution in [0.5, 0.6) is 0 Å². The largest absolute Gasteiger partial charge is 0.288 e. The maximum Gasteiger partial charge on any atom is 0.0328 e. The molecule has 4 aromatic carbocycles. The first kappa shape index (κ1) is 20.8. The summed E-state index contributed by atoms with van der Waals surface area (Å²) in [5.41, 5.74) is 5.27. The molecule has 0 fully saturated rings. The van der Waals surface area contributed by atoms with Gasteiger partial charge in [0.2, 0.25) is 0 Å². The van der Waals surface area contributed by atoms with Gasteiger partial charge in [-0.25, -0.2) is 0 Å². The summed E-state index contributed by atoms with van der Waals surface area (Å²) in [5.74, 6) is 0. The first-order valence-corrected chi connectivity index (χ1v) is 11.0. The van der Waals surface area contributed by atoms with E-state index in [4.69, 9.17) is 0 Å². The molecule has 0 heterocycles. The van der Waals surface area contributed by atoms with Crippen LogP contribution in [0.25, 0.3) is 6.08 Å². The van der Waals surface area contributed by atoms with Crippen LogP contribution >= 0.6 is 0 Å². The second-order valence-corrected chi connectivity index (χ2v) is 7.90. The van der Waals surface area contributed by atoms with E-state index in [9.17, 15) is 0 Å². The van der Waals surface area contributed by atoms with Gasteiger partial charge in [0.25, 0.3) is 0 Å². The van der Waals surface area contributed by atoms with Gasteiger partial charge >= 0.3 is 0 Å². The standard InChI is InChI=1S/C30H29N/c1-5-13-26(14-6-1)21-22-30(23-27-15-7-2-8-16-27)31(24-28-17-9-3-10-18-28)25-29-19-11-4-12-20-29/h1-22,30H,23-25H2/b22-21-/t30-/m1/s1. The van der Waals surface area contributed by atoms with Crippen molar-refractivity contribution < 1.29 is 0 Å². The minimum Gasteiger partial charge on any atom is -0.288 e. The Morgan fingerprint density at radius 3 is 1.42 bits per heavy atom. The van der Waals surface area contributed by atoms with E-state index in [1.54, 1.807) is 0 Å². The highest BCUT2D eigenvalue weighted by Crippen LogP contribution is 2.19. The zero-order chi connectivity index (χ0) is 21.1. The maximum absolute atomic E-state index is 2.58. The van der Waals surface area contributed by atoms with Crippen LogP contribution in [-0.2, 0) is 19.5 Å². The van der Waals surface area contributed by atoms with Gasteiger partial charge in [-0.15, -0.1) is 0 Å². The highest BCUT2D eigenvalue weighted by molar-refractivity contribution is 5.49. The highest BCUT2D eigenvalue weighted by Gasteiger charge is 2.18. The van der Waals surface area contributed by atoms with E-state index in [1.807, 2.05) is 0 Å². The Hall–Kier alpha value is -3.42. The third kappa shape index (κ3) is 6.53. The van der Waals surface area contributed by atoms with E-state index in [-0.39, 0.29) is 6.04 Å². The lowest BCUT2D eigenvalue weighted by Crippen LogP contribution is -2.34. The Bertz CT molecular complexity index is 999. The third-order valence-electron chi connectivity index (χ3n) is 5.52. The molecule has 0 saturated heterocycles. The maximum atomic E-state index is 2.58. The minimum absolute atomic E-state index is 0.281. The van der Waals surface area contributed by atoms with E-state index in [1.165, 1.54) is 22.3 Å². The normalized spacial score (nSPS) is 12.3. The molecule has 4 aromatic rings. The first-order chi connectivity index (χ1) is 15.4. The van der Waals surface area contributed by atoms with Crippen molar-refractivity contribution in [3.05, 3.63) is 150 Å². The molecule has 0 unspecified atom stereocenters. The van der Waals surface area contributed by atoms with Crippen LogP contribution in [0.1, 0.15) is 22.3 Å². The zero-order valence-electron chi connectivity index (χ0n) is 17.8.